The minimum Gasteiger partial charge on any atom is -0.306 e. The summed E-state index contributed by atoms with van der Waals surface area (Å²) in [5.41, 5.74) is 0.123. The van der Waals surface area contributed by atoms with Gasteiger partial charge in [0.05, 0.1) is 5.54 Å². The van der Waals surface area contributed by atoms with Gasteiger partial charge in [0, 0.05) is 11.6 Å². The van der Waals surface area contributed by atoms with Crippen LogP contribution in [0.25, 0.3) is 0 Å². The molecule has 0 saturated carbocycles. The Hall–Kier alpha value is -0.410. The van der Waals surface area contributed by atoms with Gasteiger partial charge in [0.15, 0.2) is 0 Å². The van der Waals surface area contributed by atoms with Crippen LogP contribution >= 0.6 is 11.3 Å². The summed E-state index contributed by atoms with van der Waals surface area (Å²) in [4.78, 5) is 4.45. The minimum atomic E-state index is 0.123. The first kappa shape index (κ1) is 11.7. The Labute approximate surface area is 90.8 Å². The maximum Gasteiger partial charge on any atom is 0.113 e. The second-order valence-electron chi connectivity index (χ2n) is 3.55. The summed E-state index contributed by atoms with van der Waals surface area (Å²) >= 11 is 1.76. The Morgan fingerprint density at radius 2 is 2.21 bits per heavy atom. The van der Waals surface area contributed by atoms with Crippen molar-refractivity contribution in [1.29, 1.82) is 0 Å². The summed E-state index contributed by atoms with van der Waals surface area (Å²) in [5.74, 6) is 0. The van der Waals surface area contributed by atoms with Crippen molar-refractivity contribution in [1.82, 2.24) is 10.3 Å². The van der Waals surface area contributed by atoms with Gasteiger partial charge < -0.3 is 5.32 Å². The summed E-state index contributed by atoms with van der Waals surface area (Å²) in [6.45, 7) is 7.64. The molecular weight excluding hydrogens is 192 g/mol. The van der Waals surface area contributed by atoms with Crippen LogP contribution in [-0.4, -0.2) is 11.5 Å². The fraction of sp³-hybridized carbons (Fsp3) is 0.727. The number of nitrogens with one attached hydrogen (secondary N) is 1. The fourth-order valence-corrected chi connectivity index (χ4v) is 2.87. The van der Waals surface area contributed by atoms with E-state index in [4.69, 9.17) is 0 Å². The topological polar surface area (TPSA) is 24.9 Å². The largest absolute Gasteiger partial charge is 0.306 e. The molecule has 0 aromatic carbocycles. The fourth-order valence-electron chi connectivity index (χ4n) is 1.95. The molecule has 1 aromatic rings. The van der Waals surface area contributed by atoms with E-state index in [0.29, 0.717) is 0 Å². The summed E-state index contributed by atoms with van der Waals surface area (Å²) < 4.78 is 0. The van der Waals surface area contributed by atoms with Gasteiger partial charge in [0.2, 0.25) is 0 Å². The molecule has 2 nitrogen and oxygen atoms in total. The van der Waals surface area contributed by atoms with Crippen molar-refractivity contribution in [3.8, 4) is 0 Å². The molecule has 1 N–H and O–H groups in total. The zero-order valence-electron chi connectivity index (χ0n) is 9.34. The molecule has 0 spiro atoms. The molecule has 1 rings (SSSR count). The van der Waals surface area contributed by atoms with E-state index in [2.05, 4.69) is 36.5 Å². The molecule has 0 aliphatic carbocycles. The SMILES string of the molecule is CCCC(CC)(NCC)c1nccs1. The Kier molecular flexibility index (Phi) is 4.55. The van der Waals surface area contributed by atoms with Crippen molar-refractivity contribution in [2.75, 3.05) is 6.54 Å². The van der Waals surface area contributed by atoms with Crippen molar-refractivity contribution >= 4 is 11.3 Å². The monoisotopic (exact) mass is 212 g/mol. The van der Waals surface area contributed by atoms with Crippen molar-refractivity contribution in [2.45, 2.75) is 45.6 Å². The minimum absolute atomic E-state index is 0.123. The zero-order chi connectivity index (χ0) is 10.4. The first-order chi connectivity index (χ1) is 6.79. The van der Waals surface area contributed by atoms with Crippen LogP contribution in [-0.2, 0) is 5.54 Å². The Morgan fingerprint density at radius 1 is 1.43 bits per heavy atom. The Bertz CT molecular complexity index is 238. The van der Waals surface area contributed by atoms with Gasteiger partial charge in [0.1, 0.15) is 5.01 Å². The highest BCUT2D eigenvalue weighted by Gasteiger charge is 2.30. The van der Waals surface area contributed by atoms with Crippen LogP contribution in [0.15, 0.2) is 11.6 Å². The molecule has 1 atom stereocenters. The van der Waals surface area contributed by atoms with Crippen molar-refractivity contribution in [3.05, 3.63) is 16.6 Å². The maximum absolute atomic E-state index is 4.45. The molecule has 0 amide bonds. The van der Waals surface area contributed by atoms with Gasteiger partial charge in [0.25, 0.3) is 0 Å². The van der Waals surface area contributed by atoms with E-state index in [-0.39, 0.29) is 5.54 Å². The third-order valence-electron chi connectivity index (χ3n) is 2.64. The quantitative estimate of drug-likeness (QED) is 0.783. The number of hydrogen-bond donors (Lipinski definition) is 1. The van der Waals surface area contributed by atoms with E-state index in [1.807, 2.05) is 6.20 Å². The molecule has 14 heavy (non-hydrogen) atoms. The van der Waals surface area contributed by atoms with Crippen LogP contribution in [0.3, 0.4) is 0 Å². The molecular formula is C11H20N2S. The van der Waals surface area contributed by atoms with Gasteiger partial charge in [-0.05, 0) is 19.4 Å². The van der Waals surface area contributed by atoms with Crippen molar-refractivity contribution in [3.63, 3.8) is 0 Å². The Morgan fingerprint density at radius 3 is 2.64 bits per heavy atom. The highest BCUT2D eigenvalue weighted by molar-refractivity contribution is 7.09. The lowest BCUT2D eigenvalue weighted by molar-refractivity contribution is 0.299. The van der Waals surface area contributed by atoms with Gasteiger partial charge >= 0.3 is 0 Å². The summed E-state index contributed by atoms with van der Waals surface area (Å²) in [5, 5.41) is 6.90. The third kappa shape index (κ3) is 2.34. The van der Waals surface area contributed by atoms with Crippen LogP contribution in [0.5, 0.6) is 0 Å². The second-order valence-corrected chi connectivity index (χ2v) is 4.45. The molecule has 1 unspecified atom stereocenters. The molecule has 0 fully saturated rings. The van der Waals surface area contributed by atoms with Gasteiger partial charge in [-0.1, -0.05) is 27.2 Å². The van der Waals surface area contributed by atoms with E-state index in [0.717, 1.165) is 13.0 Å². The molecule has 1 aromatic heterocycles. The van der Waals surface area contributed by atoms with Gasteiger partial charge in [-0.25, -0.2) is 4.98 Å². The first-order valence-electron chi connectivity index (χ1n) is 5.44. The predicted octanol–water partition coefficient (Wildman–Crippen LogP) is 3.16. The van der Waals surface area contributed by atoms with Crippen LogP contribution in [0.1, 0.15) is 45.0 Å². The lowest BCUT2D eigenvalue weighted by atomic mass is 9.91. The van der Waals surface area contributed by atoms with Crippen LogP contribution in [0, 0.1) is 0 Å². The smallest absolute Gasteiger partial charge is 0.113 e. The van der Waals surface area contributed by atoms with Gasteiger partial charge in [-0.3, -0.25) is 0 Å². The lowest BCUT2D eigenvalue weighted by Crippen LogP contribution is -2.41. The zero-order valence-corrected chi connectivity index (χ0v) is 10.2. The molecule has 3 heteroatoms. The van der Waals surface area contributed by atoms with Crippen LogP contribution in [0.4, 0.5) is 0 Å². The van der Waals surface area contributed by atoms with Crippen molar-refractivity contribution in [2.24, 2.45) is 0 Å². The molecule has 1 heterocycles. The van der Waals surface area contributed by atoms with Crippen LogP contribution < -0.4 is 5.32 Å². The molecule has 80 valence electrons. The highest BCUT2D eigenvalue weighted by Crippen LogP contribution is 2.31. The van der Waals surface area contributed by atoms with E-state index >= 15 is 0 Å². The average molecular weight is 212 g/mol. The molecule has 0 saturated heterocycles. The highest BCUT2D eigenvalue weighted by atomic mass is 32.1. The average Bonchev–Trinajstić information content (AvgIpc) is 2.70. The van der Waals surface area contributed by atoms with Crippen LogP contribution in [0.2, 0.25) is 0 Å². The molecule has 0 radical (unpaired) electrons. The Balaban J connectivity index is 2.88. The first-order valence-corrected chi connectivity index (χ1v) is 6.32. The molecule has 0 aliphatic rings. The summed E-state index contributed by atoms with van der Waals surface area (Å²) in [7, 11) is 0. The van der Waals surface area contributed by atoms with E-state index < -0.39 is 0 Å². The summed E-state index contributed by atoms with van der Waals surface area (Å²) in [6.07, 6.45) is 5.38. The third-order valence-corrected chi connectivity index (χ3v) is 3.61. The van der Waals surface area contributed by atoms with E-state index in [9.17, 15) is 0 Å². The van der Waals surface area contributed by atoms with E-state index in [1.54, 1.807) is 11.3 Å². The van der Waals surface area contributed by atoms with Gasteiger partial charge in [-0.2, -0.15) is 0 Å². The van der Waals surface area contributed by atoms with Crippen molar-refractivity contribution < 1.29 is 0 Å². The van der Waals surface area contributed by atoms with E-state index in [1.165, 1.54) is 17.8 Å². The second kappa shape index (κ2) is 5.47. The number of rotatable bonds is 6. The number of aromatic nitrogens is 1. The molecule has 0 bridgehead atoms. The predicted molar refractivity (Wildman–Crippen MR) is 62.7 cm³/mol. The number of hydrogen-bond acceptors (Lipinski definition) is 3. The summed E-state index contributed by atoms with van der Waals surface area (Å²) in [6, 6.07) is 0. The maximum atomic E-state index is 4.45. The lowest BCUT2D eigenvalue weighted by Gasteiger charge is -2.31. The molecule has 0 aliphatic heterocycles. The number of thiazole rings is 1. The normalized spacial score (nSPS) is 15.4. The number of nitrogens with zero attached hydrogens (tertiary/aromatic N) is 1. The standard InChI is InChI=1S/C11H20N2S/c1-4-7-11(5-2,13-6-3)10-12-8-9-14-10/h8-9,13H,4-7H2,1-3H3. The van der Waals surface area contributed by atoms with Gasteiger partial charge in [-0.15, -0.1) is 11.3 Å².